The Balaban J connectivity index is 2.62. The smallest absolute Gasteiger partial charge is 0.105 e. The van der Waals surface area contributed by atoms with Gasteiger partial charge in [0, 0.05) is 24.7 Å². The van der Waals surface area contributed by atoms with E-state index in [2.05, 4.69) is 50.9 Å². The molecule has 0 bridgehead atoms. The molecule has 0 amide bonds. The molecular formula is C15H29N3. The predicted octanol–water partition coefficient (Wildman–Crippen LogP) is 2.78. The van der Waals surface area contributed by atoms with E-state index >= 15 is 0 Å². The van der Waals surface area contributed by atoms with Crippen LogP contribution in [-0.2, 0) is 0 Å². The SMILES string of the molecule is CC1CC(C)N(C(C)CC(C)(C#N)NC(C)C)C1. The van der Waals surface area contributed by atoms with Crippen molar-refractivity contribution in [3.8, 4) is 6.07 Å². The van der Waals surface area contributed by atoms with Crippen LogP contribution in [-0.4, -0.2) is 35.1 Å². The Labute approximate surface area is 113 Å². The molecule has 18 heavy (non-hydrogen) atoms. The molecule has 3 nitrogen and oxygen atoms in total. The predicted molar refractivity (Wildman–Crippen MR) is 76.3 cm³/mol. The lowest BCUT2D eigenvalue weighted by molar-refractivity contribution is 0.165. The molecule has 4 atom stereocenters. The van der Waals surface area contributed by atoms with Crippen molar-refractivity contribution in [3.05, 3.63) is 0 Å². The number of nitrogens with zero attached hydrogens (tertiary/aromatic N) is 2. The molecule has 0 aromatic carbocycles. The van der Waals surface area contributed by atoms with Gasteiger partial charge in [-0.05, 0) is 53.4 Å². The maximum Gasteiger partial charge on any atom is 0.105 e. The molecule has 1 heterocycles. The van der Waals surface area contributed by atoms with Crippen molar-refractivity contribution in [2.75, 3.05) is 6.54 Å². The van der Waals surface area contributed by atoms with E-state index in [1.54, 1.807) is 0 Å². The maximum absolute atomic E-state index is 9.41. The van der Waals surface area contributed by atoms with Crippen LogP contribution >= 0.6 is 0 Å². The number of hydrogen-bond acceptors (Lipinski definition) is 3. The highest BCUT2D eigenvalue weighted by molar-refractivity contribution is 5.06. The summed E-state index contributed by atoms with van der Waals surface area (Å²) in [7, 11) is 0. The van der Waals surface area contributed by atoms with E-state index in [1.807, 2.05) is 6.92 Å². The molecular weight excluding hydrogens is 222 g/mol. The van der Waals surface area contributed by atoms with Gasteiger partial charge in [-0.25, -0.2) is 0 Å². The molecule has 1 N–H and O–H groups in total. The van der Waals surface area contributed by atoms with Crippen molar-refractivity contribution in [2.45, 2.75) is 78.0 Å². The quantitative estimate of drug-likeness (QED) is 0.816. The second-order valence-electron chi connectivity index (χ2n) is 6.68. The van der Waals surface area contributed by atoms with Crippen LogP contribution in [0.15, 0.2) is 0 Å². The highest BCUT2D eigenvalue weighted by Gasteiger charge is 2.34. The van der Waals surface area contributed by atoms with Gasteiger partial charge in [0.15, 0.2) is 0 Å². The molecule has 0 radical (unpaired) electrons. The van der Waals surface area contributed by atoms with Crippen LogP contribution in [0.2, 0.25) is 0 Å². The summed E-state index contributed by atoms with van der Waals surface area (Å²) >= 11 is 0. The third kappa shape index (κ3) is 3.96. The molecule has 3 heteroatoms. The van der Waals surface area contributed by atoms with Crippen LogP contribution in [0.1, 0.15) is 54.4 Å². The van der Waals surface area contributed by atoms with Gasteiger partial charge in [-0.3, -0.25) is 10.2 Å². The zero-order valence-corrected chi connectivity index (χ0v) is 12.8. The Hall–Kier alpha value is -0.590. The van der Waals surface area contributed by atoms with Gasteiger partial charge < -0.3 is 0 Å². The molecule has 0 saturated carbocycles. The average Bonchev–Trinajstić information content (AvgIpc) is 2.56. The summed E-state index contributed by atoms with van der Waals surface area (Å²) in [5.41, 5.74) is -0.418. The molecule has 1 fully saturated rings. The molecule has 1 aliphatic rings. The standard InChI is InChI=1S/C15H29N3/c1-11(2)17-15(6,10-16)8-14(5)18-9-12(3)7-13(18)4/h11-14,17H,7-9H2,1-6H3. The van der Waals surface area contributed by atoms with Gasteiger partial charge in [-0.2, -0.15) is 5.26 Å². The van der Waals surface area contributed by atoms with E-state index in [0.29, 0.717) is 18.1 Å². The Morgan fingerprint density at radius 3 is 2.39 bits per heavy atom. The van der Waals surface area contributed by atoms with E-state index in [-0.39, 0.29) is 0 Å². The maximum atomic E-state index is 9.41. The van der Waals surface area contributed by atoms with Crippen LogP contribution in [0, 0.1) is 17.2 Å². The van der Waals surface area contributed by atoms with E-state index in [9.17, 15) is 5.26 Å². The first-order valence-electron chi connectivity index (χ1n) is 7.22. The summed E-state index contributed by atoms with van der Waals surface area (Å²) in [4.78, 5) is 2.56. The molecule has 0 spiro atoms. The van der Waals surface area contributed by atoms with Crippen molar-refractivity contribution < 1.29 is 0 Å². The van der Waals surface area contributed by atoms with Crippen LogP contribution in [0.25, 0.3) is 0 Å². The monoisotopic (exact) mass is 251 g/mol. The van der Waals surface area contributed by atoms with E-state index in [4.69, 9.17) is 0 Å². The van der Waals surface area contributed by atoms with Crippen LogP contribution in [0.5, 0.6) is 0 Å². The summed E-state index contributed by atoms with van der Waals surface area (Å²) in [6.07, 6.45) is 2.17. The first-order valence-corrected chi connectivity index (χ1v) is 7.22. The van der Waals surface area contributed by atoms with E-state index < -0.39 is 5.54 Å². The molecule has 0 aromatic rings. The Bertz CT molecular complexity index is 307. The topological polar surface area (TPSA) is 39.1 Å². The zero-order chi connectivity index (χ0) is 13.9. The van der Waals surface area contributed by atoms with Gasteiger partial charge in [-0.15, -0.1) is 0 Å². The van der Waals surface area contributed by atoms with Crippen molar-refractivity contribution in [1.29, 1.82) is 5.26 Å². The summed E-state index contributed by atoms with van der Waals surface area (Å²) in [6.45, 7) is 14.3. The molecule has 1 aliphatic heterocycles. The van der Waals surface area contributed by atoms with Crippen LogP contribution in [0.4, 0.5) is 0 Å². The van der Waals surface area contributed by atoms with Gasteiger partial charge in [0.1, 0.15) is 5.54 Å². The van der Waals surface area contributed by atoms with Gasteiger partial charge in [0.2, 0.25) is 0 Å². The van der Waals surface area contributed by atoms with Crippen molar-refractivity contribution in [1.82, 2.24) is 10.2 Å². The summed E-state index contributed by atoms with van der Waals surface area (Å²) in [6, 6.07) is 3.91. The minimum absolute atomic E-state index is 0.344. The zero-order valence-electron chi connectivity index (χ0n) is 12.8. The first kappa shape index (κ1) is 15.5. The molecule has 0 aliphatic carbocycles. The van der Waals surface area contributed by atoms with Crippen LogP contribution in [0.3, 0.4) is 0 Å². The molecule has 0 aromatic heterocycles. The first-order chi connectivity index (χ1) is 8.27. The molecule has 104 valence electrons. The molecule has 1 saturated heterocycles. The lowest BCUT2D eigenvalue weighted by Gasteiger charge is -2.35. The minimum atomic E-state index is -0.418. The van der Waals surface area contributed by atoms with E-state index in [1.165, 1.54) is 13.0 Å². The lowest BCUT2D eigenvalue weighted by Crippen LogP contribution is -2.50. The van der Waals surface area contributed by atoms with Gasteiger partial charge in [0.05, 0.1) is 6.07 Å². The lowest BCUT2D eigenvalue weighted by atomic mass is 9.93. The largest absolute Gasteiger partial charge is 0.298 e. The number of rotatable bonds is 5. The third-order valence-electron chi connectivity index (χ3n) is 3.96. The van der Waals surface area contributed by atoms with Crippen LogP contribution < -0.4 is 5.32 Å². The van der Waals surface area contributed by atoms with Crippen molar-refractivity contribution >= 4 is 0 Å². The Morgan fingerprint density at radius 1 is 1.39 bits per heavy atom. The summed E-state index contributed by atoms with van der Waals surface area (Å²) in [5.74, 6) is 0.786. The fourth-order valence-corrected chi connectivity index (χ4v) is 3.43. The summed E-state index contributed by atoms with van der Waals surface area (Å²) < 4.78 is 0. The second-order valence-corrected chi connectivity index (χ2v) is 6.68. The van der Waals surface area contributed by atoms with Gasteiger partial charge in [-0.1, -0.05) is 6.92 Å². The highest BCUT2D eigenvalue weighted by atomic mass is 15.2. The van der Waals surface area contributed by atoms with Crippen molar-refractivity contribution in [2.24, 2.45) is 5.92 Å². The highest BCUT2D eigenvalue weighted by Crippen LogP contribution is 2.27. The number of hydrogen-bond donors (Lipinski definition) is 1. The Kier molecular flexibility index (Phi) is 5.19. The fourth-order valence-electron chi connectivity index (χ4n) is 3.43. The fraction of sp³-hybridized carbons (Fsp3) is 0.933. The van der Waals surface area contributed by atoms with Gasteiger partial charge >= 0.3 is 0 Å². The Morgan fingerprint density at radius 2 is 2.00 bits per heavy atom. The normalized spacial score (nSPS) is 30.1. The number of nitriles is 1. The van der Waals surface area contributed by atoms with Gasteiger partial charge in [0.25, 0.3) is 0 Å². The van der Waals surface area contributed by atoms with Crippen molar-refractivity contribution in [3.63, 3.8) is 0 Å². The summed E-state index contributed by atoms with van der Waals surface area (Å²) in [5, 5.41) is 12.8. The second kappa shape index (κ2) is 6.04. The molecule has 4 unspecified atom stereocenters. The minimum Gasteiger partial charge on any atom is -0.298 e. The van der Waals surface area contributed by atoms with E-state index in [0.717, 1.165) is 12.3 Å². The number of likely N-dealkylation sites (tertiary alicyclic amines) is 1. The average molecular weight is 251 g/mol. The molecule has 1 rings (SSSR count). The number of nitrogens with one attached hydrogen (secondary N) is 1. The third-order valence-corrected chi connectivity index (χ3v) is 3.96.